The average Bonchev–Trinajstić information content (AvgIpc) is 2.30. The first-order valence-corrected chi connectivity index (χ1v) is 5.08. The Kier molecular flexibility index (Phi) is 3.25. The van der Waals surface area contributed by atoms with Gasteiger partial charge in [-0.1, -0.05) is 11.6 Å². The minimum absolute atomic E-state index is 0.572. The molecule has 0 fully saturated rings. The predicted molar refractivity (Wildman–Crippen MR) is 58.7 cm³/mol. The lowest BCUT2D eigenvalue weighted by molar-refractivity contribution is 0.856. The molecule has 2 rings (SSSR count). The van der Waals surface area contributed by atoms with Gasteiger partial charge in [-0.05, 0) is 24.1 Å². The summed E-state index contributed by atoms with van der Waals surface area (Å²) in [4.78, 5) is 12.2. The number of aromatic nitrogens is 3. The average molecular weight is 220 g/mol. The highest BCUT2D eigenvalue weighted by atomic mass is 35.5. The third-order valence-corrected chi connectivity index (χ3v) is 2.26. The van der Waals surface area contributed by atoms with E-state index in [1.165, 1.54) is 5.56 Å². The molecule has 0 amide bonds. The molecule has 0 aliphatic rings. The summed E-state index contributed by atoms with van der Waals surface area (Å²) in [5, 5.41) is 0.572. The Morgan fingerprint density at radius 2 is 1.67 bits per heavy atom. The standard InChI is InChI=1S/C11H10ClN3/c12-10-7-14-11(15-8-10)2-1-9-3-5-13-6-4-9/h3-8H,1-2H2. The lowest BCUT2D eigenvalue weighted by atomic mass is 10.1. The molecule has 76 valence electrons. The van der Waals surface area contributed by atoms with E-state index in [0.717, 1.165) is 18.7 Å². The summed E-state index contributed by atoms with van der Waals surface area (Å²) in [6.07, 6.45) is 8.56. The van der Waals surface area contributed by atoms with Gasteiger partial charge in [0, 0.05) is 31.2 Å². The highest BCUT2D eigenvalue weighted by molar-refractivity contribution is 6.30. The Labute approximate surface area is 93.2 Å². The molecule has 0 aliphatic carbocycles. The Morgan fingerprint density at radius 1 is 1.00 bits per heavy atom. The zero-order chi connectivity index (χ0) is 10.5. The third kappa shape index (κ3) is 2.99. The minimum Gasteiger partial charge on any atom is -0.265 e. The maximum absolute atomic E-state index is 5.70. The van der Waals surface area contributed by atoms with E-state index in [1.54, 1.807) is 24.8 Å². The van der Waals surface area contributed by atoms with Crippen LogP contribution < -0.4 is 0 Å². The Bertz CT molecular complexity index is 414. The van der Waals surface area contributed by atoms with Crippen LogP contribution in [0.2, 0.25) is 5.02 Å². The number of rotatable bonds is 3. The topological polar surface area (TPSA) is 38.7 Å². The van der Waals surface area contributed by atoms with Crippen molar-refractivity contribution in [2.45, 2.75) is 12.8 Å². The van der Waals surface area contributed by atoms with Crippen LogP contribution in [0.1, 0.15) is 11.4 Å². The molecule has 3 nitrogen and oxygen atoms in total. The van der Waals surface area contributed by atoms with E-state index in [1.807, 2.05) is 12.1 Å². The van der Waals surface area contributed by atoms with Crippen LogP contribution in [0.25, 0.3) is 0 Å². The van der Waals surface area contributed by atoms with Crippen LogP contribution in [0.15, 0.2) is 36.9 Å². The largest absolute Gasteiger partial charge is 0.265 e. The van der Waals surface area contributed by atoms with Crippen molar-refractivity contribution in [2.75, 3.05) is 0 Å². The van der Waals surface area contributed by atoms with Crippen LogP contribution >= 0.6 is 11.6 Å². The molecule has 0 unspecified atom stereocenters. The lowest BCUT2D eigenvalue weighted by Crippen LogP contribution is -1.97. The van der Waals surface area contributed by atoms with Gasteiger partial charge in [-0.15, -0.1) is 0 Å². The molecule has 0 radical (unpaired) electrons. The van der Waals surface area contributed by atoms with E-state index in [2.05, 4.69) is 15.0 Å². The van der Waals surface area contributed by atoms with Crippen molar-refractivity contribution in [1.82, 2.24) is 15.0 Å². The summed E-state index contributed by atoms with van der Waals surface area (Å²) in [6.45, 7) is 0. The molecule has 0 N–H and O–H groups in total. The summed E-state index contributed by atoms with van der Waals surface area (Å²) in [5.74, 6) is 0.816. The molecule has 15 heavy (non-hydrogen) atoms. The van der Waals surface area contributed by atoms with Crippen molar-refractivity contribution in [3.8, 4) is 0 Å². The first kappa shape index (κ1) is 10.1. The van der Waals surface area contributed by atoms with Gasteiger partial charge in [-0.2, -0.15) is 0 Å². The summed E-state index contributed by atoms with van der Waals surface area (Å²) in [7, 11) is 0. The number of nitrogens with zero attached hydrogens (tertiary/aromatic N) is 3. The maximum atomic E-state index is 5.70. The minimum atomic E-state index is 0.572. The van der Waals surface area contributed by atoms with Crippen molar-refractivity contribution >= 4 is 11.6 Å². The van der Waals surface area contributed by atoms with Gasteiger partial charge in [0.05, 0.1) is 5.02 Å². The van der Waals surface area contributed by atoms with E-state index >= 15 is 0 Å². The molecule has 0 saturated heterocycles. The molecule has 0 bridgehead atoms. The first-order valence-electron chi connectivity index (χ1n) is 4.70. The van der Waals surface area contributed by atoms with Gasteiger partial charge in [-0.3, -0.25) is 4.98 Å². The molecule has 0 spiro atoms. The van der Waals surface area contributed by atoms with Crippen molar-refractivity contribution in [3.63, 3.8) is 0 Å². The summed E-state index contributed by atoms with van der Waals surface area (Å²) in [5.41, 5.74) is 1.24. The highest BCUT2D eigenvalue weighted by Crippen LogP contribution is 2.05. The molecular weight excluding hydrogens is 210 g/mol. The number of pyridine rings is 1. The fourth-order valence-corrected chi connectivity index (χ4v) is 1.37. The van der Waals surface area contributed by atoms with Gasteiger partial charge < -0.3 is 0 Å². The van der Waals surface area contributed by atoms with Gasteiger partial charge >= 0.3 is 0 Å². The fraction of sp³-hybridized carbons (Fsp3) is 0.182. The van der Waals surface area contributed by atoms with Gasteiger partial charge in [0.15, 0.2) is 0 Å². The fourth-order valence-electron chi connectivity index (χ4n) is 1.27. The van der Waals surface area contributed by atoms with Gasteiger partial charge in [0.25, 0.3) is 0 Å². The number of hydrogen-bond acceptors (Lipinski definition) is 3. The second-order valence-corrected chi connectivity index (χ2v) is 3.61. The molecule has 2 aromatic rings. The Balaban J connectivity index is 1.96. The zero-order valence-electron chi connectivity index (χ0n) is 8.10. The van der Waals surface area contributed by atoms with E-state index in [0.29, 0.717) is 5.02 Å². The quantitative estimate of drug-likeness (QED) is 0.795. The van der Waals surface area contributed by atoms with E-state index < -0.39 is 0 Å². The molecule has 2 heterocycles. The highest BCUT2D eigenvalue weighted by Gasteiger charge is 1.97. The monoisotopic (exact) mass is 219 g/mol. The second kappa shape index (κ2) is 4.84. The van der Waals surface area contributed by atoms with Crippen LogP contribution in [-0.4, -0.2) is 15.0 Å². The van der Waals surface area contributed by atoms with Crippen LogP contribution in [0.5, 0.6) is 0 Å². The Hall–Kier alpha value is -1.48. The molecule has 0 aromatic carbocycles. The van der Waals surface area contributed by atoms with Crippen LogP contribution in [-0.2, 0) is 12.8 Å². The third-order valence-electron chi connectivity index (χ3n) is 2.06. The number of halogens is 1. The van der Waals surface area contributed by atoms with Crippen molar-refractivity contribution in [1.29, 1.82) is 0 Å². The Morgan fingerprint density at radius 3 is 2.33 bits per heavy atom. The van der Waals surface area contributed by atoms with Gasteiger partial charge in [-0.25, -0.2) is 9.97 Å². The second-order valence-electron chi connectivity index (χ2n) is 3.17. The van der Waals surface area contributed by atoms with Crippen molar-refractivity contribution in [2.24, 2.45) is 0 Å². The normalized spacial score (nSPS) is 10.2. The molecule has 0 atom stereocenters. The predicted octanol–water partition coefficient (Wildman–Crippen LogP) is 2.31. The zero-order valence-corrected chi connectivity index (χ0v) is 8.85. The SMILES string of the molecule is Clc1cnc(CCc2ccncc2)nc1. The first-order chi connectivity index (χ1) is 7.34. The molecule has 4 heteroatoms. The van der Waals surface area contributed by atoms with Gasteiger partial charge in [0.2, 0.25) is 0 Å². The molecular formula is C11H10ClN3. The van der Waals surface area contributed by atoms with E-state index in [9.17, 15) is 0 Å². The maximum Gasteiger partial charge on any atom is 0.128 e. The number of hydrogen-bond donors (Lipinski definition) is 0. The van der Waals surface area contributed by atoms with Crippen LogP contribution in [0.3, 0.4) is 0 Å². The van der Waals surface area contributed by atoms with E-state index in [-0.39, 0.29) is 0 Å². The van der Waals surface area contributed by atoms with Crippen molar-refractivity contribution < 1.29 is 0 Å². The van der Waals surface area contributed by atoms with Crippen molar-refractivity contribution in [3.05, 3.63) is 53.3 Å². The van der Waals surface area contributed by atoms with Crippen LogP contribution in [0, 0.1) is 0 Å². The van der Waals surface area contributed by atoms with Gasteiger partial charge in [0.1, 0.15) is 5.82 Å². The number of aryl methyl sites for hydroxylation is 2. The molecule has 0 aliphatic heterocycles. The lowest BCUT2D eigenvalue weighted by Gasteiger charge is -1.99. The molecule has 2 aromatic heterocycles. The summed E-state index contributed by atoms with van der Waals surface area (Å²) >= 11 is 5.70. The van der Waals surface area contributed by atoms with Crippen LogP contribution in [0.4, 0.5) is 0 Å². The summed E-state index contributed by atoms with van der Waals surface area (Å²) < 4.78 is 0. The molecule has 0 saturated carbocycles. The summed E-state index contributed by atoms with van der Waals surface area (Å²) in [6, 6.07) is 3.99. The van der Waals surface area contributed by atoms with E-state index in [4.69, 9.17) is 11.6 Å². The smallest absolute Gasteiger partial charge is 0.128 e.